The first-order valence-corrected chi connectivity index (χ1v) is 11.9. The molecule has 0 heterocycles. The molecule has 3 rings (SSSR count). The molecule has 1 amide bonds. The molecule has 0 aromatic heterocycles. The Morgan fingerprint density at radius 1 is 1.12 bits per heavy atom. The van der Waals surface area contributed by atoms with Crippen molar-refractivity contribution in [2.45, 2.75) is 49.4 Å². The quantitative estimate of drug-likeness (QED) is 0.524. The van der Waals surface area contributed by atoms with E-state index in [-0.39, 0.29) is 28.3 Å². The molecule has 0 spiro atoms. The Labute approximate surface area is 186 Å². The zero-order valence-electron chi connectivity index (χ0n) is 17.6. The van der Waals surface area contributed by atoms with Gasteiger partial charge in [-0.2, -0.15) is 8.78 Å². The summed E-state index contributed by atoms with van der Waals surface area (Å²) in [5, 5.41) is 2.33. The first-order chi connectivity index (χ1) is 15.3. The molecule has 1 N–H and O–H groups in total. The fraction of sp³-hybridized carbons (Fsp3) is 0.348. The number of alkyl halides is 2. The molecule has 0 radical (unpaired) electrons. The SMILES string of the molecule is CCOc1cc(/C=C/C(=O)Nc2ccc(S(=O)(=O)C3CCCC3)cc2)ccc1OC(F)F. The molecular weight excluding hydrogens is 440 g/mol. The first kappa shape index (κ1) is 23.7. The minimum Gasteiger partial charge on any atom is -0.490 e. The van der Waals surface area contributed by atoms with Gasteiger partial charge in [-0.25, -0.2) is 8.42 Å². The van der Waals surface area contributed by atoms with Crippen molar-refractivity contribution in [3.05, 3.63) is 54.1 Å². The van der Waals surface area contributed by atoms with E-state index >= 15 is 0 Å². The number of amides is 1. The topological polar surface area (TPSA) is 81.7 Å². The molecule has 172 valence electrons. The van der Waals surface area contributed by atoms with Gasteiger partial charge in [0.2, 0.25) is 5.91 Å². The number of hydrogen-bond acceptors (Lipinski definition) is 5. The fourth-order valence-corrected chi connectivity index (χ4v) is 5.42. The summed E-state index contributed by atoms with van der Waals surface area (Å²) < 4.78 is 60.0. The van der Waals surface area contributed by atoms with Crippen LogP contribution in [0.3, 0.4) is 0 Å². The number of hydrogen-bond donors (Lipinski definition) is 1. The zero-order chi connectivity index (χ0) is 23.1. The van der Waals surface area contributed by atoms with Crippen molar-refractivity contribution in [1.29, 1.82) is 0 Å². The van der Waals surface area contributed by atoms with Gasteiger partial charge >= 0.3 is 6.61 Å². The van der Waals surface area contributed by atoms with Crippen LogP contribution in [-0.2, 0) is 14.6 Å². The minimum absolute atomic E-state index is 0.0869. The highest BCUT2D eigenvalue weighted by molar-refractivity contribution is 7.92. The Morgan fingerprint density at radius 2 is 1.81 bits per heavy atom. The summed E-state index contributed by atoms with van der Waals surface area (Å²) >= 11 is 0. The summed E-state index contributed by atoms with van der Waals surface area (Å²) in [6.07, 6.45) is 6.01. The van der Waals surface area contributed by atoms with Crippen LogP contribution in [-0.4, -0.2) is 32.8 Å². The summed E-state index contributed by atoms with van der Waals surface area (Å²) in [5.74, 6) is -0.368. The third-order valence-corrected chi connectivity index (χ3v) is 7.38. The number of anilines is 1. The predicted molar refractivity (Wildman–Crippen MR) is 118 cm³/mol. The van der Waals surface area contributed by atoms with Crippen LogP contribution in [0.1, 0.15) is 38.2 Å². The highest BCUT2D eigenvalue weighted by Crippen LogP contribution is 2.31. The van der Waals surface area contributed by atoms with Gasteiger partial charge in [-0.05, 0) is 67.8 Å². The van der Waals surface area contributed by atoms with Crippen molar-refractivity contribution in [3.8, 4) is 11.5 Å². The molecule has 6 nitrogen and oxygen atoms in total. The van der Waals surface area contributed by atoms with Crippen molar-refractivity contribution in [1.82, 2.24) is 0 Å². The smallest absolute Gasteiger partial charge is 0.387 e. The van der Waals surface area contributed by atoms with Crippen LogP contribution in [0.15, 0.2) is 53.4 Å². The average Bonchev–Trinajstić information content (AvgIpc) is 3.30. The maximum atomic E-state index is 12.6. The molecule has 1 aliphatic carbocycles. The summed E-state index contributed by atoms with van der Waals surface area (Å²) in [6.45, 7) is -0.993. The van der Waals surface area contributed by atoms with E-state index in [2.05, 4.69) is 10.1 Å². The highest BCUT2D eigenvalue weighted by Gasteiger charge is 2.30. The molecule has 9 heteroatoms. The van der Waals surface area contributed by atoms with Crippen LogP contribution in [0.4, 0.5) is 14.5 Å². The fourth-order valence-electron chi connectivity index (χ4n) is 3.56. The molecular formula is C23H25F2NO5S. The Bertz CT molecular complexity index is 1060. The number of halogens is 2. The van der Waals surface area contributed by atoms with Gasteiger partial charge in [-0.3, -0.25) is 4.79 Å². The lowest BCUT2D eigenvalue weighted by molar-refractivity contribution is -0.111. The van der Waals surface area contributed by atoms with Crippen LogP contribution in [0.2, 0.25) is 0 Å². The summed E-state index contributed by atoms with van der Waals surface area (Å²) in [5.41, 5.74) is 1.02. The van der Waals surface area contributed by atoms with E-state index in [9.17, 15) is 22.0 Å². The van der Waals surface area contributed by atoms with Gasteiger partial charge in [0.15, 0.2) is 21.3 Å². The van der Waals surface area contributed by atoms with E-state index in [4.69, 9.17) is 4.74 Å². The van der Waals surface area contributed by atoms with Crippen molar-refractivity contribution in [2.75, 3.05) is 11.9 Å². The van der Waals surface area contributed by atoms with Crippen LogP contribution in [0.25, 0.3) is 6.08 Å². The molecule has 0 unspecified atom stereocenters. The monoisotopic (exact) mass is 465 g/mol. The molecule has 0 saturated heterocycles. The number of benzene rings is 2. The maximum Gasteiger partial charge on any atom is 0.387 e. The Morgan fingerprint density at radius 3 is 2.44 bits per heavy atom. The number of carbonyl (C=O) groups is 1. The summed E-state index contributed by atoms with van der Waals surface area (Å²) in [4.78, 5) is 12.5. The largest absolute Gasteiger partial charge is 0.490 e. The molecule has 2 aromatic carbocycles. The molecule has 0 aliphatic heterocycles. The third kappa shape index (κ3) is 6.06. The van der Waals surface area contributed by atoms with Crippen LogP contribution < -0.4 is 14.8 Å². The average molecular weight is 466 g/mol. The van der Waals surface area contributed by atoms with Gasteiger partial charge in [0.25, 0.3) is 0 Å². The predicted octanol–water partition coefficient (Wildman–Crippen LogP) is 5.05. The van der Waals surface area contributed by atoms with E-state index in [0.29, 0.717) is 24.1 Å². The molecule has 0 bridgehead atoms. The standard InChI is InChI=1S/C23H25F2NO5S/c1-2-30-21-15-16(7-13-20(21)31-23(24)25)8-14-22(27)26-17-9-11-19(12-10-17)32(28,29)18-5-3-4-6-18/h7-15,18,23H,2-6H2,1H3,(H,26,27)/b14-8+. The van der Waals surface area contributed by atoms with Gasteiger partial charge < -0.3 is 14.8 Å². The van der Waals surface area contributed by atoms with Gasteiger partial charge in [0, 0.05) is 11.8 Å². The summed E-state index contributed by atoms with van der Waals surface area (Å²) in [7, 11) is -3.35. The lowest BCUT2D eigenvalue weighted by Gasteiger charge is -2.12. The lowest BCUT2D eigenvalue weighted by Crippen LogP contribution is -2.17. The molecule has 2 aromatic rings. The number of sulfone groups is 1. The second-order valence-corrected chi connectivity index (χ2v) is 9.54. The Balaban J connectivity index is 1.64. The zero-order valence-corrected chi connectivity index (χ0v) is 18.4. The number of rotatable bonds is 9. The van der Waals surface area contributed by atoms with Crippen molar-refractivity contribution >= 4 is 27.5 Å². The Kier molecular flexibility index (Phi) is 7.84. The van der Waals surface area contributed by atoms with Crippen LogP contribution >= 0.6 is 0 Å². The second-order valence-electron chi connectivity index (χ2n) is 7.32. The van der Waals surface area contributed by atoms with Gasteiger partial charge in [-0.1, -0.05) is 18.9 Å². The van der Waals surface area contributed by atoms with Crippen molar-refractivity contribution in [3.63, 3.8) is 0 Å². The first-order valence-electron chi connectivity index (χ1n) is 10.3. The van der Waals surface area contributed by atoms with Gasteiger partial charge in [0.1, 0.15) is 0 Å². The van der Waals surface area contributed by atoms with E-state index in [0.717, 1.165) is 12.8 Å². The molecule has 1 saturated carbocycles. The second kappa shape index (κ2) is 10.6. The van der Waals surface area contributed by atoms with Crippen LogP contribution in [0, 0.1) is 0 Å². The van der Waals surface area contributed by atoms with E-state index < -0.39 is 22.4 Å². The van der Waals surface area contributed by atoms with E-state index in [1.54, 1.807) is 19.1 Å². The van der Waals surface area contributed by atoms with Crippen LogP contribution in [0.5, 0.6) is 11.5 Å². The van der Waals surface area contributed by atoms with Gasteiger partial charge in [0.05, 0.1) is 16.8 Å². The maximum absolute atomic E-state index is 12.6. The molecule has 0 atom stereocenters. The van der Waals surface area contributed by atoms with Crippen molar-refractivity contribution in [2.24, 2.45) is 0 Å². The molecule has 32 heavy (non-hydrogen) atoms. The normalized spacial score (nSPS) is 14.8. The van der Waals surface area contributed by atoms with E-state index in [1.165, 1.54) is 42.5 Å². The van der Waals surface area contributed by atoms with E-state index in [1.807, 2.05) is 0 Å². The summed E-state index contributed by atoms with van der Waals surface area (Å²) in [6, 6.07) is 10.5. The number of carbonyl (C=O) groups excluding carboxylic acids is 1. The third-order valence-electron chi connectivity index (χ3n) is 5.10. The number of ether oxygens (including phenoxy) is 2. The van der Waals surface area contributed by atoms with Gasteiger partial charge in [-0.15, -0.1) is 0 Å². The Hall–Kier alpha value is -2.94. The molecule has 1 aliphatic rings. The molecule has 1 fully saturated rings. The number of nitrogens with one attached hydrogen (secondary N) is 1. The van der Waals surface area contributed by atoms with Crippen molar-refractivity contribution < 1.29 is 31.5 Å². The highest BCUT2D eigenvalue weighted by atomic mass is 32.2. The lowest BCUT2D eigenvalue weighted by atomic mass is 10.2. The minimum atomic E-state index is -3.35.